The second-order valence-corrected chi connectivity index (χ2v) is 4.78. The first-order valence-corrected chi connectivity index (χ1v) is 6.08. The number of methoxy groups -OCH3 is 1. The molecule has 5 heteroatoms. The number of pyridine rings is 1. The van der Waals surface area contributed by atoms with Crippen molar-refractivity contribution >= 4 is 22.5 Å². The van der Waals surface area contributed by atoms with Gasteiger partial charge in [0, 0.05) is 24.2 Å². The Morgan fingerprint density at radius 1 is 1.56 bits per heavy atom. The lowest BCUT2D eigenvalue weighted by Crippen LogP contribution is -2.07. The molecule has 0 saturated heterocycles. The van der Waals surface area contributed by atoms with E-state index in [9.17, 15) is 4.39 Å². The Balaban J connectivity index is 2.42. The van der Waals surface area contributed by atoms with Crippen molar-refractivity contribution in [3.8, 4) is 5.75 Å². The summed E-state index contributed by atoms with van der Waals surface area (Å²) < 4.78 is 19.3. The fourth-order valence-electron chi connectivity index (χ4n) is 2.48. The molecule has 18 heavy (non-hydrogen) atoms. The van der Waals surface area contributed by atoms with Gasteiger partial charge in [-0.05, 0) is 24.1 Å². The van der Waals surface area contributed by atoms with Gasteiger partial charge in [0.2, 0.25) is 0 Å². The smallest absolute Gasteiger partial charge is 0.171 e. The largest absolute Gasteiger partial charge is 0.495 e. The van der Waals surface area contributed by atoms with Crippen LogP contribution in [0.4, 0.5) is 4.39 Å². The van der Waals surface area contributed by atoms with Crippen molar-refractivity contribution in [2.75, 3.05) is 7.11 Å². The van der Waals surface area contributed by atoms with E-state index in [0.29, 0.717) is 11.3 Å². The standard InChI is InChI=1S/C13H12ClFN2O/c1-6-10-7(4-16-6)5-17-13-8(10)3-9(18-2)11(14)12(13)15/h3,5-6,16H,4H2,1-2H3/t6-/m0/s1. The molecule has 1 aliphatic heterocycles. The van der Waals surface area contributed by atoms with E-state index in [1.54, 1.807) is 12.3 Å². The van der Waals surface area contributed by atoms with Crippen molar-refractivity contribution in [3.05, 3.63) is 34.2 Å². The molecular weight excluding hydrogens is 255 g/mol. The highest BCUT2D eigenvalue weighted by atomic mass is 35.5. The van der Waals surface area contributed by atoms with Crippen LogP contribution in [0.5, 0.6) is 5.75 Å². The van der Waals surface area contributed by atoms with Crippen LogP contribution in [-0.4, -0.2) is 12.1 Å². The minimum atomic E-state index is -0.520. The highest BCUT2D eigenvalue weighted by Crippen LogP contribution is 2.38. The molecule has 1 aromatic carbocycles. The Morgan fingerprint density at radius 3 is 3.06 bits per heavy atom. The molecule has 0 radical (unpaired) electrons. The molecule has 0 fully saturated rings. The van der Waals surface area contributed by atoms with Crippen LogP contribution in [0.25, 0.3) is 10.9 Å². The van der Waals surface area contributed by atoms with Gasteiger partial charge in [-0.2, -0.15) is 0 Å². The third-order valence-electron chi connectivity index (χ3n) is 3.38. The van der Waals surface area contributed by atoms with Crippen LogP contribution in [-0.2, 0) is 6.54 Å². The number of nitrogens with zero attached hydrogens (tertiary/aromatic N) is 1. The summed E-state index contributed by atoms with van der Waals surface area (Å²) in [6.45, 7) is 2.80. The van der Waals surface area contributed by atoms with E-state index in [0.717, 1.165) is 23.1 Å². The van der Waals surface area contributed by atoms with Crippen molar-refractivity contribution in [1.29, 1.82) is 0 Å². The van der Waals surface area contributed by atoms with E-state index >= 15 is 0 Å². The normalized spacial score (nSPS) is 18.1. The Morgan fingerprint density at radius 2 is 2.33 bits per heavy atom. The van der Waals surface area contributed by atoms with Gasteiger partial charge < -0.3 is 10.1 Å². The summed E-state index contributed by atoms with van der Waals surface area (Å²) in [5.74, 6) is -0.177. The molecule has 0 aliphatic carbocycles. The fourth-order valence-corrected chi connectivity index (χ4v) is 2.70. The number of rotatable bonds is 1. The molecule has 2 aromatic rings. The molecule has 94 valence electrons. The molecule has 3 rings (SSSR count). The molecule has 1 aliphatic rings. The summed E-state index contributed by atoms with van der Waals surface area (Å²) in [5, 5.41) is 4.06. The molecule has 0 saturated carbocycles. The topological polar surface area (TPSA) is 34.1 Å². The Bertz CT molecular complexity index is 645. The van der Waals surface area contributed by atoms with Crippen molar-refractivity contribution < 1.29 is 9.13 Å². The number of hydrogen-bond acceptors (Lipinski definition) is 3. The van der Waals surface area contributed by atoms with Crippen LogP contribution in [0.1, 0.15) is 24.1 Å². The van der Waals surface area contributed by atoms with E-state index in [4.69, 9.17) is 16.3 Å². The Kier molecular flexibility index (Phi) is 2.64. The number of ether oxygens (including phenoxy) is 1. The second-order valence-electron chi connectivity index (χ2n) is 4.40. The third kappa shape index (κ3) is 1.49. The van der Waals surface area contributed by atoms with Gasteiger partial charge >= 0.3 is 0 Å². The molecule has 0 amide bonds. The maximum absolute atomic E-state index is 14.1. The van der Waals surface area contributed by atoms with Gasteiger partial charge in [-0.3, -0.25) is 4.98 Å². The van der Waals surface area contributed by atoms with Crippen molar-refractivity contribution in [3.63, 3.8) is 0 Å². The number of aromatic nitrogens is 1. The average Bonchev–Trinajstić information content (AvgIpc) is 2.75. The molecule has 0 spiro atoms. The Hall–Kier alpha value is -1.39. The third-order valence-corrected chi connectivity index (χ3v) is 3.74. The first-order chi connectivity index (χ1) is 8.63. The van der Waals surface area contributed by atoms with Crippen LogP contribution < -0.4 is 10.1 Å². The van der Waals surface area contributed by atoms with Gasteiger partial charge in [-0.1, -0.05) is 11.6 Å². The first kappa shape index (κ1) is 11.7. The fraction of sp³-hybridized carbons (Fsp3) is 0.308. The number of benzene rings is 1. The lowest BCUT2D eigenvalue weighted by atomic mass is 10.0. The lowest BCUT2D eigenvalue weighted by molar-refractivity contribution is 0.412. The quantitative estimate of drug-likeness (QED) is 0.861. The SMILES string of the molecule is COc1cc2c3c(cnc2c(F)c1Cl)CN[C@H]3C. The highest BCUT2D eigenvalue weighted by Gasteiger charge is 2.24. The minimum Gasteiger partial charge on any atom is -0.495 e. The van der Waals surface area contributed by atoms with Crippen molar-refractivity contribution in [2.45, 2.75) is 19.5 Å². The zero-order valence-corrected chi connectivity index (χ0v) is 10.8. The van der Waals surface area contributed by atoms with E-state index in [1.807, 2.05) is 6.92 Å². The van der Waals surface area contributed by atoms with Crippen LogP contribution in [0.2, 0.25) is 5.02 Å². The van der Waals surface area contributed by atoms with Gasteiger partial charge in [-0.15, -0.1) is 0 Å². The van der Waals surface area contributed by atoms with Gasteiger partial charge in [0.05, 0.1) is 7.11 Å². The summed E-state index contributed by atoms with van der Waals surface area (Å²) in [6, 6.07) is 1.94. The maximum atomic E-state index is 14.1. The van der Waals surface area contributed by atoms with Gasteiger partial charge in [0.15, 0.2) is 5.82 Å². The summed E-state index contributed by atoms with van der Waals surface area (Å²) in [5.41, 5.74) is 2.47. The van der Waals surface area contributed by atoms with Crippen molar-refractivity contribution in [2.24, 2.45) is 0 Å². The predicted molar refractivity (Wildman–Crippen MR) is 68.5 cm³/mol. The highest BCUT2D eigenvalue weighted by molar-refractivity contribution is 6.33. The molecule has 1 aromatic heterocycles. The van der Waals surface area contributed by atoms with Crippen LogP contribution in [0.15, 0.2) is 12.3 Å². The molecule has 1 atom stereocenters. The van der Waals surface area contributed by atoms with Gasteiger partial charge in [0.25, 0.3) is 0 Å². The zero-order valence-electron chi connectivity index (χ0n) is 10.1. The minimum absolute atomic E-state index is 0.0175. The lowest BCUT2D eigenvalue weighted by Gasteiger charge is -2.12. The molecule has 2 heterocycles. The monoisotopic (exact) mass is 266 g/mol. The van der Waals surface area contributed by atoms with Gasteiger partial charge in [0.1, 0.15) is 16.3 Å². The van der Waals surface area contributed by atoms with Gasteiger partial charge in [-0.25, -0.2) is 4.39 Å². The first-order valence-electron chi connectivity index (χ1n) is 5.70. The number of halogens is 2. The summed E-state index contributed by atoms with van der Waals surface area (Å²) >= 11 is 5.90. The summed E-state index contributed by atoms with van der Waals surface area (Å²) in [7, 11) is 1.48. The molecule has 0 bridgehead atoms. The maximum Gasteiger partial charge on any atom is 0.171 e. The predicted octanol–water partition coefficient (Wildman–Crippen LogP) is 3.20. The van der Waals surface area contributed by atoms with Crippen molar-refractivity contribution in [1.82, 2.24) is 10.3 Å². The number of fused-ring (bicyclic) bond motifs is 3. The summed E-state index contributed by atoms with van der Waals surface area (Å²) in [4.78, 5) is 4.17. The molecule has 3 nitrogen and oxygen atoms in total. The molecular formula is C13H12ClFN2O. The van der Waals surface area contributed by atoms with E-state index in [2.05, 4.69) is 10.3 Å². The van der Waals surface area contributed by atoms with E-state index < -0.39 is 5.82 Å². The van der Waals surface area contributed by atoms with Crippen LogP contribution in [0.3, 0.4) is 0 Å². The summed E-state index contributed by atoms with van der Waals surface area (Å²) in [6.07, 6.45) is 1.71. The van der Waals surface area contributed by atoms with Crippen LogP contribution in [0, 0.1) is 5.82 Å². The Labute approximate surface area is 109 Å². The zero-order chi connectivity index (χ0) is 12.9. The molecule has 1 N–H and O–H groups in total. The van der Waals surface area contributed by atoms with Crippen LogP contribution >= 0.6 is 11.6 Å². The second kappa shape index (κ2) is 4.07. The number of hydrogen-bond donors (Lipinski definition) is 1. The average molecular weight is 267 g/mol. The van der Waals surface area contributed by atoms with E-state index in [-0.39, 0.29) is 11.1 Å². The van der Waals surface area contributed by atoms with E-state index in [1.165, 1.54) is 7.11 Å². The number of nitrogens with one attached hydrogen (secondary N) is 1. The molecule has 0 unspecified atom stereocenters.